The number of halogens is 2. The van der Waals surface area contributed by atoms with Crippen LogP contribution in [0.25, 0.3) is 0 Å². The highest BCUT2D eigenvalue weighted by Crippen LogP contribution is 2.37. The van der Waals surface area contributed by atoms with Crippen LogP contribution in [0.3, 0.4) is 0 Å². The lowest BCUT2D eigenvalue weighted by Crippen LogP contribution is -2.19. The minimum absolute atomic E-state index is 0.147. The Bertz CT molecular complexity index is 1100. The summed E-state index contributed by atoms with van der Waals surface area (Å²) in [7, 11) is 1.55. The Balaban J connectivity index is 1.59. The third kappa shape index (κ3) is 6.82. The number of aromatic nitrogens is 2. The molecule has 12 heteroatoms. The number of carbonyl (C=O) groups is 1. The van der Waals surface area contributed by atoms with Gasteiger partial charge >= 0.3 is 0 Å². The Labute approximate surface area is 200 Å². The van der Waals surface area contributed by atoms with E-state index in [9.17, 15) is 4.79 Å². The first-order valence-corrected chi connectivity index (χ1v) is 11.7. The fourth-order valence-electron chi connectivity index (χ4n) is 2.34. The summed E-state index contributed by atoms with van der Waals surface area (Å²) in [5.41, 5.74) is 9.54. The van der Waals surface area contributed by atoms with Crippen LogP contribution in [0.4, 0.5) is 5.13 Å². The van der Waals surface area contributed by atoms with Crippen LogP contribution in [0.15, 0.2) is 50.3 Å². The maximum atomic E-state index is 11.9. The molecule has 0 aliphatic carbocycles. The predicted octanol–water partition coefficient (Wildman–Crippen LogP) is 4.37. The van der Waals surface area contributed by atoms with Crippen molar-refractivity contribution in [1.29, 1.82) is 0 Å². The predicted molar refractivity (Wildman–Crippen MR) is 127 cm³/mol. The minimum atomic E-state index is -0.277. The number of nitrogens with one attached hydrogen (secondary N) is 1. The Morgan fingerprint density at radius 1 is 1.39 bits per heavy atom. The second-order valence-electron chi connectivity index (χ2n) is 5.90. The summed E-state index contributed by atoms with van der Waals surface area (Å²) in [6, 6.07) is 11.0. The Morgan fingerprint density at radius 3 is 2.90 bits per heavy atom. The van der Waals surface area contributed by atoms with Crippen molar-refractivity contribution in [3.63, 3.8) is 0 Å². The van der Waals surface area contributed by atoms with E-state index in [4.69, 9.17) is 26.8 Å². The molecule has 3 N–H and O–H groups in total. The van der Waals surface area contributed by atoms with Crippen molar-refractivity contribution in [3.05, 3.63) is 57.0 Å². The van der Waals surface area contributed by atoms with E-state index in [1.54, 1.807) is 19.2 Å². The number of rotatable bonds is 9. The van der Waals surface area contributed by atoms with E-state index in [1.807, 2.05) is 24.3 Å². The zero-order valence-electron chi connectivity index (χ0n) is 16.2. The van der Waals surface area contributed by atoms with Gasteiger partial charge in [-0.25, -0.2) is 5.43 Å². The summed E-state index contributed by atoms with van der Waals surface area (Å²) in [5, 5.41) is 12.5. The monoisotopic (exact) mass is 541 g/mol. The first-order chi connectivity index (χ1) is 15.0. The summed E-state index contributed by atoms with van der Waals surface area (Å²) >= 11 is 12.1. The molecular weight excluding hydrogens is 526 g/mol. The molecule has 0 bridgehead atoms. The van der Waals surface area contributed by atoms with Crippen molar-refractivity contribution in [3.8, 4) is 11.5 Å². The van der Waals surface area contributed by atoms with Crippen LogP contribution in [-0.2, 0) is 11.4 Å². The number of benzene rings is 2. The third-order valence-electron chi connectivity index (χ3n) is 3.73. The van der Waals surface area contributed by atoms with Gasteiger partial charge in [-0.15, -0.1) is 10.2 Å². The standard InChI is InChI=1S/C19H17BrClN5O3S2/c1-28-15-7-11(8-23-24-16(27)10-30-19-26-25-18(22)31-19)6-13(20)17(15)29-9-12-4-2-3-5-14(12)21/h2-8H,9-10H2,1H3,(H2,22,25)(H,24,27). The number of amides is 1. The second-order valence-corrected chi connectivity index (χ2v) is 9.40. The van der Waals surface area contributed by atoms with Gasteiger partial charge in [0.05, 0.1) is 23.5 Å². The van der Waals surface area contributed by atoms with E-state index in [0.29, 0.717) is 36.0 Å². The molecule has 3 rings (SSSR count). The summed E-state index contributed by atoms with van der Waals surface area (Å²) in [6.07, 6.45) is 1.51. The second kappa shape index (κ2) is 11.3. The molecule has 0 fully saturated rings. The van der Waals surface area contributed by atoms with E-state index >= 15 is 0 Å². The molecule has 0 saturated heterocycles. The average molecular weight is 543 g/mol. The van der Waals surface area contributed by atoms with E-state index in [2.05, 4.69) is 36.7 Å². The molecule has 1 heterocycles. The lowest BCUT2D eigenvalue weighted by Gasteiger charge is -2.14. The van der Waals surface area contributed by atoms with Crippen molar-refractivity contribution in [1.82, 2.24) is 15.6 Å². The fourth-order valence-corrected chi connectivity index (χ4v) is 4.53. The summed E-state index contributed by atoms with van der Waals surface area (Å²) < 4.78 is 12.6. The lowest BCUT2D eigenvalue weighted by atomic mass is 10.2. The van der Waals surface area contributed by atoms with Gasteiger partial charge in [0.2, 0.25) is 5.13 Å². The van der Waals surface area contributed by atoms with E-state index in [0.717, 1.165) is 5.56 Å². The van der Waals surface area contributed by atoms with E-state index in [1.165, 1.54) is 29.3 Å². The van der Waals surface area contributed by atoms with Crippen molar-refractivity contribution >= 4 is 67.9 Å². The molecule has 31 heavy (non-hydrogen) atoms. The fraction of sp³-hybridized carbons (Fsp3) is 0.158. The Morgan fingerprint density at radius 2 is 2.19 bits per heavy atom. The molecule has 2 aromatic carbocycles. The highest BCUT2D eigenvalue weighted by molar-refractivity contribution is 9.10. The molecule has 3 aromatic rings. The number of thioether (sulfide) groups is 1. The van der Waals surface area contributed by atoms with Gasteiger partial charge in [-0.05, 0) is 39.7 Å². The Hall–Kier alpha value is -2.34. The number of hydrogen-bond acceptors (Lipinski definition) is 9. The molecule has 0 aliphatic rings. The summed E-state index contributed by atoms with van der Waals surface area (Å²) in [6.45, 7) is 0.288. The van der Waals surface area contributed by atoms with Gasteiger partial charge in [0.15, 0.2) is 15.8 Å². The SMILES string of the molecule is COc1cc(C=NNC(=O)CSc2nnc(N)s2)cc(Br)c1OCc1ccccc1Cl. The van der Waals surface area contributed by atoms with Crippen LogP contribution in [0, 0.1) is 0 Å². The largest absolute Gasteiger partial charge is 0.493 e. The number of anilines is 1. The smallest absolute Gasteiger partial charge is 0.250 e. The first kappa shape index (κ1) is 23.3. The van der Waals surface area contributed by atoms with Crippen LogP contribution < -0.4 is 20.6 Å². The van der Waals surface area contributed by atoms with E-state index < -0.39 is 0 Å². The van der Waals surface area contributed by atoms with Gasteiger partial charge in [0.25, 0.3) is 5.91 Å². The Kier molecular flexibility index (Phi) is 8.52. The zero-order chi connectivity index (χ0) is 22.2. The summed E-state index contributed by atoms with van der Waals surface area (Å²) in [5.74, 6) is 0.920. The van der Waals surface area contributed by atoms with Gasteiger partial charge in [0, 0.05) is 10.6 Å². The van der Waals surface area contributed by atoms with Crippen molar-refractivity contribution < 1.29 is 14.3 Å². The van der Waals surface area contributed by atoms with Gasteiger partial charge in [-0.3, -0.25) is 4.79 Å². The molecule has 0 spiro atoms. The number of ether oxygens (including phenoxy) is 2. The quantitative estimate of drug-likeness (QED) is 0.235. The van der Waals surface area contributed by atoms with Gasteiger partial charge in [-0.1, -0.05) is 52.9 Å². The molecule has 162 valence electrons. The molecule has 0 radical (unpaired) electrons. The lowest BCUT2D eigenvalue weighted by molar-refractivity contribution is -0.118. The summed E-state index contributed by atoms with van der Waals surface area (Å²) in [4.78, 5) is 11.9. The first-order valence-electron chi connectivity index (χ1n) is 8.73. The molecule has 0 unspecified atom stereocenters. The molecule has 0 saturated carbocycles. The normalized spacial score (nSPS) is 10.9. The van der Waals surface area contributed by atoms with Gasteiger partial charge < -0.3 is 15.2 Å². The van der Waals surface area contributed by atoms with Crippen molar-refractivity contribution in [2.45, 2.75) is 10.9 Å². The van der Waals surface area contributed by atoms with Gasteiger partial charge in [0.1, 0.15) is 6.61 Å². The third-order valence-corrected chi connectivity index (χ3v) is 6.58. The van der Waals surface area contributed by atoms with Gasteiger partial charge in [-0.2, -0.15) is 5.10 Å². The number of methoxy groups -OCH3 is 1. The van der Waals surface area contributed by atoms with Crippen LogP contribution in [0.5, 0.6) is 11.5 Å². The molecule has 8 nitrogen and oxygen atoms in total. The molecule has 1 aromatic heterocycles. The molecule has 0 atom stereocenters. The number of hydrogen-bond donors (Lipinski definition) is 2. The molecular formula is C19H17BrClN5O3S2. The number of carbonyl (C=O) groups excluding carboxylic acids is 1. The van der Waals surface area contributed by atoms with Crippen molar-refractivity contribution in [2.75, 3.05) is 18.6 Å². The van der Waals surface area contributed by atoms with Crippen LogP contribution in [0.2, 0.25) is 5.02 Å². The maximum absolute atomic E-state index is 11.9. The highest BCUT2D eigenvalue weighted by Gasteiger charge is 2.12. The minimum Gasteiger partial charge on any atom is -0.493 e. The topological polar surface area (TPSA) is 112 Å². The number of nitrogens with two attached hydrogens (primary N) is 1. The highest BCUT2D eigenvalue weighted by atomic mass is 79.9. The average Bonchev–Trinajstić information content (AvgIpc) is 3.17. The number of nitrogen functional groups attached to an aromatic ring is 1. The van der Waals surface area contributed by atoms with Crippen LogP contribution >= 0.6 is 50.6 Å². The van der Waals surface area contributed by atoms with Crippen LogP contribution in [-0.4, -0.2) is 35.2 Å². The number of nitrogens with zero attached hydrogens (tertiary/aromatic N) is 3. The maximum Gasteiger partial charge on any atom is 0.250 e. The number of hydrazone groups is 1. The molecule has 1 amide bonds. The van der Waals surface area contributed by atoms with Crippen molar-refractivity contribution in [2.24, 2.45) is 5.10 Å². The molecule has 0 aliphatic heterocycles. The van der Waals surface area contributed by atoms with Crippen LogP contribution in [0.1, 0.15) is 11.1 Å². The van der Waals surface area contributed by atoms with E-state index in [-0.39, 0.29) is 18.3 Å². The zero-order valence-corrected chi connectivity index (χ0v) is 20.1.